The second-order valence-corrected chi connectivity index (χ2v) is 6.96. The summed E-state index contributed by atoms with van der Waals surface area (Å²) in [6, 6.07) is 3.93. The highest BCUT2D eigenvalue weighted by Crippen LogP contribution is 2.26. The minimum absolute atomic E-state index is 0.0146. The molecular formula is C19H25N3O4. The quantitative estimate of drug-likeness (QED) is 0.882. The molecule has 3 heterocycles. The molecular weight excluding hydrogens is 334 g/mol. The highest BCUT2D eigenvalue weighted by molar-refractivity contribution is 5.93. The van der Waals surface area contributed by atoms with Crippen LogP contribution in [0, 0.1) is 6.92 Å². The Labute approximate surface area is 152 Å². The summed E-state index contributed by atoms with van der Waals surface area (Å²) in [7, 11) is 0. The molecule has 2 aliphatic rings. The number of ether oxygens (including phenoxy) is 1. The number of amides is 1. The van der Waals surface area contributed by atoms with Crippen molar-refractivity contribution in [1.29, 1.82) is 0 Å². The van der Waals surface area contributed by atoms with Crippen molar-refractivity contribution < 1.29 is 18.5 Å². The van der Waals surface area contributed by atoms with Crippen molar-refractivity contribution >= 4 is 5.91 Å². The monoisotopic (exact) mass is 359 g/mol. The van der Waals surface area contributed by atoms with E-state index in [1.807, 2.05) is 19.1 Å². The van der Waals surface area contributed by atoms with Crippen LogP contribution in [0.25, 0.3) is 0 Å². The van der Waals surface area contributed by atoms with Crippen LogP contribution in [0.3, 0.4) is 0 Å². The summed E-state index contributed by atoms with van der Waals surface area (Å²) in [5.74, 6) is 2.44. The molecule has 0 saturated carbocycles. The Morgan fingerprint density at radius 2 is 2.08 bits per heavy atom. The van der Waals surface area contributed by atoms with Gasteiger partial charge in [0, 0.05) is 31.6 Å². The van der Waals surface area contributed by atoms with Gasteiger partial charge in [-0.25, -0.2) is 0 Å². The topological polar surface area (TPSA) is 80.7 Å². The third kappa shape index (κ3) is 3.54. The second kappa shape index (κ2) is 7.63. The lowest BCUT2D eigenvalue weighted by atomic mass is 9.96. The molecule has 140 valence electrons. The zero-order chi connectivity index (χ0) is 17.9. The first-order valence-corrected chi connectivity index (χ1v) is 9.36. The number of nitrogens with zero attached hydrogens (tertiary/aromatic N) is 2. The molecule has 1 unspecified atom stereocenters. The summed E-state index contributed by atoms with van der Waals surface area (Å²) in [6.45, 7) is 5.43. The largest absolute Gasteiger partial charge is 0.465 e. The Morgan fingerprint density at radius 3 is 2.85 bits per heavy atom. The molecule has 0 aromatic carbocycles. The number of aromatic nitrogens is 1. The number of fused-ring (bicyclic) bond motifs is 1. The van der Waals surface area contributed by atoms with Gasteiger partial charge in [0.2, 0.25) is 0 Å². The average molecular weight is 359 g/mol. The van der Waals surface area contributed by atoms with Crippen molar-refractivity contribution in [2.45, 2.75) is 38.6 Å². The maximum absolute atomic E-state index is 12.7. The first kappa shape index (κ1) is 17.3. The van der Waals surface area contributed by atoms with Gasteiger partial charge in [0.25, 0.3) is 5.91 Å². The van der Waals surface area contributed by atoms with E-state index < -0.39 is 0 Å². The Bertz CT molecular complexity index is 761. The summed E-state index contributed by atoms with van der Waals surface area (Å²) in [5, 5.41) is 7.06. The fraction of sp³-hybridized carbons (Fsp3) is 0.579. The van der Waals surface area contributed by atoms with Crippen LogP contribution in [0.2, 0.25) is 0 Å². The lowest BCUT2D eigenvalue weighted by Gasteiger charge is -2.33. The Kier molecular flexibility index (Phi) is 5.08. The SMILES string of the molecule is Cc1ccc(C(CNC(=O)c2noc3c2CCCC3)N2CCOCC2)o1. The van der Waals surface area contributed by atoms with Gasteiger partial charge in [-0.15, -0.1) is 0 Å². The highest BCUT2D eigenvalue weighted by Gasteiger charge is 2.28. The van der Waals surface area contributed by atoms with Gasteiger partial charge in [-0.1, -0.05) is 5.16 Å². The van der Waals surface area contributed by atoms with Crippen LogP contribution in [0.4, 0.5) is 0 Å². The molecule has 2 aromatic heterocycles. The summed E-state index contributed by atoms with van der Waals surface area (Å²) in [6.07, 6.45) is 3.92. The standard InChI is InChI=1S/C19H25N3O4/c1-13-6-7-17(25-13)15(22-8-10-24-11-9-22)12-20-19(23)18-14-4-2-3-5-16(14)26-21-18/h6-7,15H,2-5,8-12H2,1H3,(H,20,23). The van der Waals surface area contributed by atoms with Crippen molar-refractivity contribution in [3.8, 4) is 0 Å². The predicted molar refractivity (Wildman–Crippen MR) is 94.1 cm³/mol. The maximum Gasteiger partial charge on any atom is 0.273 e. The summed E-state index contributed by atoms with van der Waals surface area (Å²) >= 11 is 0. The average Bonchev–Trinajstić information content (AvgIpc) is 3.29. The van der Waals surface area contributed by atoms with Crippen LogP contribution in [-0.2, 0) is 17.6 Å². The van der Waals surface area contributed by atoms with Gasteiger partial charge in [0.1, 0.15) is 17.3 Å². The van der Waals surface area contributed by atoms with Crippen molar-refractivity contribution in [2.75, 3.05) is 32.8 Å². The van der Waals surface area contributed by atoms with E-state index in [2.05, 4.69) is 15.4 Å². The first-order valence-electron chi connectivity index (χ1n) is 9.36. The summed E-state index contributed by atoms with van der Waals surface area (Å²) in [5.41, 5.74) is 1.42. The van der Waals surface area contributed by atoms with Crippen LogP contribution in [0.5, 0.6) is 0 Å². The number of furan rings is 1. The molecule has 0 bridgehead atoms. The zero-order valence-corrected chi connectivity index (χ0v) is 15.1. The van der Waals surface area contributed by atoms with Gasteiger partial charge < -0.3 is 19.0 Å². The minimum Gasteiger partial charge on any atom is -0.465 e. The molecule has 7 heteroatoms. The molecule has 0 spiro atoms. The molecule has 1 saturated heterocycles. The smallest absolute Gasteiger partial charge is 0.273 e. The number of hydrogen-bond donors (Lipinski definition) is 1. The first-order chi connectivity index (χ1) is 12.7. The summed E-state index contributed by atoms with van der Waals surface area (Å²) in [4.78, 5) is 15.0. The number of carbonyl (C=O) groups excluding carboxylic acids is 1. The van der Waals surface area contributed by atoms with Crippen molar-refractivity contribution in [2.24, 2.45) is 0 Å². The molecule has 26 heavy (non-hydrogen) atoms. The van der Waals surface area contributed by atoms with Crippen molar-refractivity contribution in [3.63, 3.8) is 0 Å². The number of rotatable bonds is 5. The third-order valence-corrected chi connectivity index (χ3v) is 5.20. The fourth-order valence-electron chi connectivity index (χ4n) is 3.77. The Morgan fingerprint density at radius 1 is 1.27 bits per heavy atom. The third-order valence-electron chi connectivity index (χ3n) is 5.20. The minimum atomic E-state index is -0.168. The molecule has 4 rings (SSSR count). The van der Waals surface area contributed by atoms with E-state index in [4.69, 9.17) is 13.7 Å². The van der Waals surface area contributed by atoms with E-state index in [0.29, 0.717) is 25.5 Å². The predicted octanol–water partition coefficient (Wildman–Crippen LogP) is 2.26. The fourth-order valence-corrected chi connectivity index (χ4v) is 3.77. The summed E-state index contributed by atoms with van der Waals surface area (Å²) < 4.78 is 16.7. The molecule has 0 radical (unpaired) electrons. The number of hydrogen-bond acceptors (Lipinski definition) is 6. The molecule has 1 fully saturated rings. The van der Waals surface area contributed by atoms with E-state index in [1.54, 1.807) is 0 Å². The molecule has 1 amide bonds. The zero-order valence-electron chi connectivity index (χ0n) is 15.1. The second-order valence-electron chi connectivity index (χ2n) is 6.96. The molecule has 1 N–H and O–H groups in total. The van der Waals surface area contributed by atoms with Gasteiger partial charge in [-0.3, -0.25) is 9.69 Å². The van der Waals surface area contributed by atoms with Gasteiger partial charge in [-0.2, -0.15) is 0 Å². The van der Waals surface area contributed by atoms with E-state index in [0.717, 1.165) is 61.6 Å². The van der Waals surface area contributed by atoms with Crippen LogP contribution in [-0.4, -0.2) is 48.8 Å². The van der Waals surface area contributed by atoms with E-state index in [9.17, 15) is 4.79 Å². The number of morpholine rings is 1. The maximum atomic E-state index is 12.7. The Balaban J connectivity index is 1.47. The van der Waals surface area contributed by atoms with E-state index in [-0.39, 0.29) is 11.9 Å². The van der Waals surface area contributed by atoms with Crippen LogP contribution in [0.15, 0.2) is 21.1 Å². The van der Waals surface area contributed by atoms with Crippen LogP contribution < -0.4 is 5.32 Å². The molecule has 2 aromatic rings. The van der Waals surface area contributed by atoms with Crippen molar-refractivity contribution in [3.05, 3.63) is 40.7 Å². The molecule has 1 aliphatic heterocycles. The molecule has 1 aliphatic carbocycles. The van der Waals surface area contributed by atoms with Gasteiger partial charge in [0.15, 0.2) is 5.69 Å². The van der Waals surface area contributed by atoms with Crippen molar-refractivity contribution in [1.82, 2.24) is 15.4 Å². The van der Waals surface area contributed by atoms with E-state index in [1.165, 1.54) is 0 Å². The lowest BCUT2D eigenvalue weighted by Crippen LogP contribution is -2.43. The van der Waals surface area contributed by atoms with Crippen LogP contribution in [0.1, 0.15) is 52.2 Å². The van der Waals surface area contributed by atoms with Crippen LogP contribution >= 0.6 is 0 Å². The van der Waals surface area contributed by atoms with Gasteiger partial charge in [-0.05, 0) is 38.3 Å². The molecule has 7 nitrogen and oxygen atoms in total. The van der Waals surface area contributed by atoms with Gasteiger partial charge in [0.05, 0.1) is 19.3 Å². The Hall–Kier alpha value is -2.12. The number of nitrogens with one attached hydrogen (secondary N) is 1. The highest BCUT2D eigenvalue weighted by atomic mass is 16.5. The lowest BCUT2D eigenvalue weighted by molar-refractivity contribution is 0.0116. The number of carbonyl (C=O) groups is 1. The van der Waals surface area contributed by atoms with Gasteiger partial charge >= 0.3 is 0 Å². The van der Waals surface area contributed by atoms with E-state index >= 15 is 0 Å². The normalized spacial score (nSPS) is 19.1. The molecule has 1 atom stereocenters. The number of aryl methyl sites for hydroxylation is 2.